The molecule has 2 rings (SSSR count). The number of thiazole rings is 1. The molecule has 0 unspecified atom stereocenters. The molecule has 0 bridgehead atoms. The van der Waals surface area contributed by atoms with Gasteiger partial charge in [0.2, 0.25) is 0 Å². The molecule has 2 aromatic rings. The van der Waals surface area contributed by atoms with Gasteiger partial charge in [-0.1, -0.05) is 20.8 Å². The SMILES string of the molecule is CC(C)(C)c1csc(CNC(=O)c2cnc(C(=O)O)cn2)n1. The minimum atomic E-state index is -1.18. The van der Waals surface area contributed by atoms with Crippen molar-refractivity contribution in [3.63, 3.8) is 0 Å². The summed E-state index contributed by atoms with van der Waals surface area (Å²) in [6.07, 6.45) is 2.19. The first-order valence-corrected chi connectivity index (χ1v) is 7.44. The van der Waals surface area contributed by atoms with Crippen LogP contribution in [0.4, 0.5) is 0 Å². The molecule has 0 saturated heterocycles. The lowest BCUT2D eigenvalue weighted by atomic mass is 9.93. The minimum absolute atomic E-state index is 0.0309. The van der Waals surface area contributed by atoms with Crippen molar-refractivity contribution in [2.24, 2.45) is 0 Å². The average Bonchev–Trinajstić information content (AvgIpc) is 2.94. The predicted octanol–water partition coefficient (Wildman–Crippen LogP) is 1.86. The quantitative estimate of drug-likeness (QED) is 0.891. The monoisotopic (exact) mass is 320 g/mol. The molecule has 116 valence electrons. The van der Waals surface area contributed by atoms with Crippen LogP contribution in [0.15, 0.2) is 17.8 Å². The van der Waals surface area contributed by atoms with Crippen LogP contribution in [0.2, 0.25) is 0 Å². The van der Waals surface area contributed by atoms with E-state index in [1.807, 2.05) is 5.38 Å². The van der Waals surface area contributed by atoms with Gasteiger partial charge in [-0.15, -0.1) is 11.3 Å². The molecule has 0 saturated carbocycles. The maximum absolute atomic E-state index is 11.9. The third-order valence-electron chi connectivity index (χ3n) is 2.82. The molecule has 0 atom stereocenters. The van der Waals surface area contributed by atoms with Crippen molar-refractivity contribution in [1.29, 1.82) is 0 Å². The van der Waals surface area contributed by atoms with E-state index >= 15 is 0 Å². The molecule has 7 nitrogen and oxygen atoms in total. The van der Waals surface area contributed by atoms with Gasteiger partial charge in [0.25, 0.3) is 5.91 Å². The van der Waals surface area contributed by atoms with Crippen LogP contribution in [-0.2, 0) is 12.0 Å². The van der Waals surface area contributed by atoms with E-state index < -0.39 is 11.9 Å². The summed E-state index contributed by atoms with van der Waals surface area (Å²) in [5.41, 5.74) is 0.813. The van der Waals surface area contributed by atoms with E-state index in [0.29, 0.717) is 6.54 Å². The van der Waals surface area contributed by atoms with Crippen molar-refractivity contribution in [3.8, 4) is 0 Å². The molecular formula is C14H16N4O3S. The van der Waals surface area contributed by atoms with Crippen molar-refractivity contribution >= 4 is 23.2 Å². The molecule has 0 radical (unpaired) electrons. The fourth-order valence-corrected chi connectivity index (χ4v) is 2.50. The molecule has 8 heteroatoms. The number of carboxylic acid groups (broad SMARTS) is 1. The zero-order chi connectivity index (χ0) is 16.3. The van der Waals surface area contributed by atoms with Crippen LogP contribution in [0, 0.1) is 0 Å². The van der Waals surface area contributed by atoms with Gasteiger partial charge in [0, 0.05) is 10.8 Å². The summed E-state index contributed by atoms with van der Waals surface area (Å²) in [5, 5.41) is 14.2. The number of aromatic carboxylic acids is 1. The Morgan fingerprint density at radius 1 is 1.23 bits per heavy atom. The summed E-state index contributed by atoms with van der Waals surface area (Å²) in [6.45, 7) is 6.51. The van der Waals surface area contributed by atoms with E-state index in [2.05, 4.69) is 41.0 Å². The number of carboxylic acids is 1. The molecule has 0 aliphatic rings. The van der Waals surface area contributed by atoms with Crippen LogP contribution >= 0.6 is 11.3 Å². The first kappa shape index (κ1) is 16.0. The van der Waals surface area contributed by atoms with Gasteiger partial charge < -0.3 is 10.4 Å². The van der Waals surface area contributed by atoms with E-state index in [1.165, 1.54) is 11.3 Å². The Balaban J connectivity index is 1.98. The fourth-order valence-electron chi connectivity index (χ4n) is 1.54. The highest BCUT2D eigenvalue weighted by molar-refractivity contribution is 7.09. The molecule has 0 aliphatic heterocycles. The molecule has 0 fully saturated rings. The Labute approximate surface area is 131 Å². The third-order valence-corrected chi connectivity index (χ3v) is 3.67. The molecule has 0 spiro atoms. The van der Waals surface area contributed by atoms with Crippen molar-refractivity contribution in [1.82, 2.24) is 20.3 Å². The number of carbonyl (C=O) groups is 2. The normalized spacial score (nSPS) is 11.2. The number of hydrogen-bond acceptors (Lipinski definition) is 6. The first-order chi connectivity index (χ1) is 10.3. The lowest BCUT2D eigenvalue weighted by Gasteiger charge is -2.14. The van der Waals surface area contributed by atoms with Gasteiger partial charge in [-0.25, -0.2) is 19.7 Å². The highest BCUT2D eigenvalue weighted by atomic mass is 32.1. The Morgan fingerprint density at radius 3 is 2.36 bits per heavy atom. The van der Waals surface area contributed by atoms with Crippen LogP contribution in [0.5, 0.6) is 0 Å². The second kappa shape index (κ2) is 6.18. The number of amides is 1. The second-order valence-electron chi connectivity index (χ2n) is 5.65. The van der Waals surface area contributed by atoms with Gasteiger partial charge >= 0.3 is 5.97 Å². The zero-order valence-electron chi connectivity index (χ0n) is 12.5. The second-order valence-corrected chi connectivity index (χ2v) is 6.59. The molecule has 2 aromatic heterocycles. The number of carbonyl (C=O) groups excluding carboxylic acids is 1. The number of nitrogens with one attached hydrogen (secondary N) is 1. The summed E-state index contributed by atoms with van der Waals surface area (Å²) in [4.78, 5) is 34.5. The fraction of sp³-hybridized carbons (Fsp3) is 0.357. The Morgan fingerprint density at radius 2 is 1.86 bits per heavy atom. The van der Waals surface area contributed by atoms with Gasteiger partial charge in [0.15, 0.2) is 5.69 Å². The summed E-state index contributed by atoms with van der Waals surface area (Å²) in [5.74, 6) is -1.60. The van der Waals surface area contributed by atoms with Gasteiger partial charge in [0.05, 0.1) is 24.6 Å². The number of aromatic nitrogens is 3. The number of nitrogens with zero attached hydrogens (tertiary/aromatic N) is 3. The Kier molecular flexibility index (Phi) is 4.51. The van der Waals surface area contributed by atoms with Crippen LogP contribution in [0.25, 0.3) is 0 Å². The van der Waals surface area contributed by atoms with Crippen LogP contribution in [-0.4, -0.2) is 31.9 Å². The van der Waals surface area contributed by atoms with Crippen molar-refractivity contribution in [2.75, 3.05) is 0 Å². The first-order valence-electron chi connectivity index (χ1n) is 6.56. The summed E-state index contributed by atoms with van der Waals surface area (Å²) >= 11 is 1.48. The highest BCUT2D eigenvalue weighted by Crippen LogP contribution is 2.23. The highest BCUT2D eigenvalue weighted by Gasteiger charge is 2.18. The molecule has 22 heavy (non-hydrogen) atoms. The van der Waals surface area contributed by atoms with Gasteiger partial charge in [0.1, 0.15) is 10.7 Å². The topological polar surface area (TPSA) is 105 Å². The summed E-state index contributed by atoms with van der Waals surface area (Å²) in [7, 11) is 0. The van der Waals surface area contributed by atoms with Crippen molar-refractivity contribution in [3.05, 3.63) is 39.9 Å². The average molecular weight is 320 g/mol. The third kappa shape index (κ3) is 3.85. The lowest BCUT2D eigenvalue weighted by Crippen LogP contribution is -2.24. The standard InChI is InChI=1S/C14H16N4O3S/c1-14(2,3)10-7-22-11(18-10)6-17-12(19)8-4-16-9(5-15-8)13(20)21/h4-5,7H,6H2,1-3H3,(H,17,19)(H,20,21). The van der Waals surface area contributed by atoms with E-state index in [1.54, 1.807) is 0 Å². The number of rotatable bonds is 4. The molecular weight excluding hydrogens is 304 g/mol. The summed E-state index contributed by atoms with van der Waals surface area (Å²) < 4.78 is 0. The molecule has 0 aromatic carbocycles. The van der Waals surface area contributed by atoms with E-state index in [9.17, 15) is 9.59 Å². The molecule has 2 N–H and O–H groups in total. The van der Waals surface area contributed by atoms with Crippen LogP contribution in [0.3, 0.4) is 0 Å². The van der Waals surface area contributed by atoms with E-state index in [4.69, 9.17) is 5.11 Å². The molecule has 2 heterocycles. The minimum Gasteiger partial charge on any atom is -0.476 e. The van der Waals surface area contributed by atoms with Crippen molar-refractivity contribution < 1.29 is 14.7 Å². The zero-order valence-corrected chi connectivity index (χ0v) is 13.3. The van der Waals surface area contributed by atoms with E-state index in [-0.39, 0.29) is 16.8 Å². The largest absolute Gasteiger partial charge is 0.476 e. The Hall–Kier alpha value is -2.35. The van der Waals surface area contributed by atoms with E-state index in [0.717, 1.165) is 23.1 Å². The maximum atomic E-state index is 11.9. The predicted molar refractivity (Wildman–Crippen MR) is 81.0 cm³/mol. The van der Waals surface area contributed by atoms with Crippen LogP contribution < -0.4 is 5.32 Å². The van der Waals surface area contributed by atoms with Gasteiger partial charge in [-0.05, 0) is 0 Å². The van der Waals surface area contributed by atoms with Crippen LogP contribution in [0.1, 0.15) is 52.4 Å². The Bertz CT molecular complexity index is 689. The molecule has 1 amide bonds. The molecule has 0 aliphatic carbocycles. The smallest absolute Gasteiger partial charge is 0.356 e. The lowest BCUT2D eigenvalue weighted by molar-refractivity contribution is 0.0689. The van der Waals surface area contributed by atoms with Gasteiger partial charge in [-0.2, -0.15) is 0 Å². The number of hydrogen-bond donors (Lipinski definition) is 2. The van der Waals surface area contributed by atoms with Crippen molar-refractivity contribution in [2.45, 2.75) is 32.7 Å². The van der Waals surface area contributed by atoms with Gasteiger partial charge in [-0.3, -0.25) is 4.79 Å². The summed E-state index contributed by atoms with van der Waals surface area (Å²) in [6, 6.07) is 0. The maximum Gasteiger partial charge on any atom is 0.356 e.